The highest BCUT2D eigenvalue weighted by Gasteiger charge is 2.11. The van der Waals surface area contributed by atoms with E-state index >= 15 is 0 Å². The average Bonchev–Trinajstić information content (AvgIpc) is 2.53. The monoisotopic (exact) mass is 281 g/mol. The second kappa shape index (κ2) is 7.29. The molecule has 2 aromatic rings. The van der Waals surface area contributed by atoms with Gasteiger partial charge in [0.1, 0.15) is 12.4 Å². The molecule has 108 valence electrons. The molecule has 2 rings (SSSR count). The molecule has 0 aliphatic rings. The molecule has 0 unspecified atom stereocenters. The fraction of sp³-hybridized carbons (Fsp3) is 0.167. The molecule has 0 saturated heterocycles. The molecule has 0 fully saturated rings. The van der Waals surface area contributed by atoms with Gasteiger partial charge in [-0.25, -0.2) is 0 Å². The molecule has 0 radical (unpaired) electrons. The van der Waals surface area contributed by atoms with Crippen LogP contribution in [0.4, 0.5) is 0 Å². The summed E-state index contributed by atoms with van der Waals surface area (Å²) in [5.74, 6) is 0.728. The summed E-state index contributed by atoms with van der Waals surface area (Å²) in [6.45, 7) is 4.65. The largest absolute Gasteiger partial charge is 0.490 e. The van der Waals surface area contributed by atoms with Gasteiger partial charge >= 0.3 is 0 Å². The van der Waals surface area contributed by atoms with Crippen LogP contribution in [-0.2, 0) is 6.54 Å². The van der Waals surface area contributed by atoms with Gasteiger partial charge in [0.2, 0.25) is 0 Å². The van der Waals surface area contributed by atoms with Crippen LogP contribution < -0.4 is 4.74 Å². The SMILES string of the molecule is C=CCOc1ccc(C(=O)N(C)Cc2ccccc2)cc1. The Bertz CT molecular complexity index is 590. The van der Waals surface area contributed by atoms with Crippen LogP contribution >= 0.6 is 0 Å². The molecule has 0 aliphatic heterocycles. The summed E-state index contributed by atoms with van der Waals surface area (Å²) in [4.78, 5) is 14.0. The lowest BCUT2D eigenvalue weighted by Gasteiger charge is -2.17. The Hall–Kier alpha value is -2.55. The van der Waals surface area contributed by atoms with Crippen LogP contribution in [0.5, 0.6) is 5.75 Å². The van der Waals surface area contributed by atoms with Crippen molar-refractivity contribution in [2.75, 3.05) is 13.7 Å². The maximum Gasteiger partial charge on any atom is 0.253 e. The van der Waals surface area contributed by atoms with Crippen LogP contribution in [0.15, 0.2) is 67.3 Å². The molecule has 0 atom stereocenters. The van der Waals surface area contributed by atoms with E-state index in [1.54, 1.807) is 42.3 Å². The number of carbonyl (C=O) groups is 1. The minimum Gasteiger partial charge on any atom is -0.490 e. The molecule has 0 heterocycles. The number of benzene rings is 2. The Morgan fingerprint density at radius 1 is 1.14 bits per heavy atom. The first-order chi connectivity index (χ1) is 10.2. The fourth-order valence-electron chi connectivity index (χ4n) is 2.00. The standard InChI is InChI=1S/C18H19NO2/c1-3-13-21-17-11-9-16(10-12-17)18(20)19(2)14-15-7-5-4-6-8-15/h3-12H,1,13-14H2,2H3. The number of carbonyl (C=O) groups excluding carboxylic acids is 1. The fourth-order valence-corrected chi connectivity index (χ4v) is 2.00. The van der Waals surface area contributed by atoms with Crippen LogP contribution in [-0.4, -0.2) is 24.5 Å². The molecule has 0 saturated carbocycles. The number of nitrogens with zero attached hydrogens (tertiary/aromatic N) is 1. The zero-order chi connectivity index (χ0) is 15.1. The predicted octanol–water partition coefficient (Wildman–Crippen LogP) is 3.52. The second-order valence-electron chi connectivity index (χ2n) is 4.77. The number of amides is 1. The smallest absolute Gasteiger partial charge is 0.253 e. The van der Waals surface area contributed by atoms with Gasteiger partial charge in [-0.2, -0.15) is 0 Å². The molecule has 2 aromatic carbocycles. The molecule has 0 aromatic heterocycles. The predicted molar refractivity (Wildman–Crippen MR) is 84.4 cm³/mol. The lowest BCUT2D eigenvalue weighted by Crippen LogP contribution is -2.26. The summed E-state index contributed by atoms with van der Waals surface area (Å²) in [7, 11) is 1.80. The maximum absolute atomic E-state index is 12.3. The van der Waals surface area contributed by atoms with Crippen molar-refractivity contribution < 1.29 is 9.53 Å². The molecule has 0 N–H and O–H groups in total. The summed E-state index contributed by atoms with van der Waals surface area (Å²) < 4.78 is 5.40. The first kappa shape index (κ1) is 14.9. The van der Waals surface area contributed by atoms with E-state index in [-0.39, 0.29) is 5.91 Å². The Morgan fingerprint density at radius 2 is 1.81 bits per heavy atom. The number of ether oxygens (including phenoxy) is 1. The van der Waals surface area contributed by atoms with Crippen molar-refractivity contribution >= 4 is 5.91 Å². The molecule has 0 aliphatic carbocycles. The zero-order valence-corrected chi connectivity index (χ0v) is 12.2. The minimum atomic E-state index is -0.00544. The number of hydrogen-bond acceptors (Lipinski definition) is 2. The highest BCUT2D eigenvalue weighted by Crippen LogP contribution is 2.14. The lowest BCUT2D eigenvalue weighted by atomic mass is 10.1. The van der Waals surface area contributed by atoms with Crippen LogP contribution in [0.1, 0.15) is 15.9 Å². The Kier molecular flexibility index (Phi) is 5.16. The molecule has 3 nitrogen and oxygen atoms in total. The third-order valence-corrected chi connectivity index (χ3v) is 3.08. The normalized spacial score (nSPS) is 9.95. The van der Waals surface area contributed by atoms with E-state index in [0.29, 0.717) is 18.7 Å². The van der Waals surface area contributed by atoms with Crippen molar-refractivity contribution in [3.05, 3.63) is 78.4 Å². The highest BCUT2D eigenvalue weighted by atomic mass is 16.5. The Labute approximate surface area is 125 Å². The van der Waals surface area contributed by atoms with Gasteiger partial charge in [-0.1, -0.05) is 43.0 Å². The van der Waals surface area contributed by atoms with Crippen molar-refractivity contribution in [1.82, 2.24) is 4.90 Å². The molecular weight excluding hydrogens is 262 g/mol. The van der Waals surface area contributed by atoms with Crippen LogP contribution in [0.25, 0.3) is 0 Å². The van der Waals surface area contributed by atoms with E-state index in [9.17, 15) is 4.79 Å². The molecule has 3 heteroatoms. The van der Waals surface area contributed by atoms with Gasteiger partial charge in [0.25, 0.3) is 5.91 Å². The van der Waals surface area contributed by atoms with E-state index < -0.39 is 0 Å². The van der Waals surface area contributed by atoms with Gasteiger partial charge in [-0.3, -0.25) is 4.79 Å². The zero-order valence-electron chi connectivity index (χ0n) is 12.2. The third-order valence-electron chi connectivity index (χ3n) is 3.08. The van der Waals surface area contributed by atoms with E-state index in [2.05, 4.69) is 6.58 Å². The van der Waals surface area contributed by atoms with Gasteiger partial charge in [0, 0.05) is 19.2 Å². The Balaban J connectivity index is 2.00. The van der Waals surface area contributed by atoms with Crippen LogP contribution in [0.3, 0.4) is 0 Å². The molecule has 0 spiro atoms. The van der Waals surface area contributed by atoms with Crippen molar-refractivity contribution in [3.63, 3.8) is 0 Å². The van der Waals surface area contributed by atoms with Crippen LogP contribution in [0, 0.1) is 0 Å². The van der Waals surface area contributed by atoms with E-state index in [1.807, 2.05) is 30.3 Å². The molecule has 0 bridgehead atoms. The van der Waals surface area contributed by atoms with Gasteiger partial charge in [0.05, 0.1) is 0 Å². The first-order valence-electron chi connectivity index (χ1n) is 6.84. The summed E-state index contributed by atoms with van der Waals surface area (Å²) in [6.07, 6.45) is 1.69. The quantitative estimate of drug-likeness (QED) is 0.758. The van der Waals surface area contributed by atoms with Gasteiger partial charge in [0.15, 0.2) is 0 Å². The number of rotatable bonds is 6. The summed E-state index contributed by atoms with van der Waals surface area (Å²) in [5, 5.41) is 0. The van der Waals surface area contributed by atoms with Crippen molar-refractivity contribution in [2.45, 2.75) is 6.54 Å². The summed E-state index contributed by atoms with van der Waals surface area (Å²) >= 11 is 0. The Morgan fingerprint density at radius 3 is 2.43 bits per heavy atom. The average molecular weight is 281 g/mol. The first-order valence-corrected chi connectivity index (χ1v) is 6.84. The lowest BCUT2D eigenvalue weighted by molar-refractivity contribution is 0.0785. The summed E-state index contributed by atoms with van der Waals surface area (Å²) in [6, 6.07) is 17.1. The molecule has 21 heavy (non-hydrogen) atoms. The molecule has 1 amide bonds. The molecular formula is C18H19NO2. The highest BCUT2D eigenvalue weighted by molar-refractivity contribution is 5.94. The van der Waals surface area contributed by atoms with E-state index in [0.717, 1.165) is 11.3 Å². The summed E-state index contributed by atoms with van der Waals surface area (Å²) in [5.41, 5.74) is 1.76. The van der Waals surface area contributed by atoms with Crippen molar-refractivity contribution in [3.8, 4) is 5.75 Å². The maximum atomic E-state index is 12.3. The number of hydrogen-bond donors (Lipinski definition) is 0. The van der Waals surface area contributed by atoms with Crippen molar-refractivity contribution in [2.24, 2.45) is 0 Å². The second-order valence-corrected chi connectivity index (χ2v) is 4.77. The van der Waals surface area contributed by atoms with Crippen molar-refractivity contribution in [1.29, 1.82) is 0 Å². The van der Waals surface area contributed by atoms with E-state index in [4.69, 9.17) is 4.74 Å². The van der Waals surface area contributed by atoms with Gasteiger partial charge in [-0.05, 0) is 29.8 Å². The van der Waals surface area contributed by atoms with Gasteiger partial charge in [-0.15, -0.1) is 0 Å². The van der Waals surface area contributed by atoms with Gasteiger partial charge < -0.3 is 9.64 Å². The van der Waals surface area contributed by atoms with E-state index in [1.165, 1.54) is 0 Å². The third kappa shape index (κ3) is 4.21. The van der Waals surface area contributed by atoms with Crippen LogP contribution in [0.2, 0.25) is 0 Å². The topological polar surface area (TPSA) is 29.5 Å². The minimum absolute atomic E-state index is 0.00544.